The molecule has 0 amide bonds. The van der Waals surface area contributed by atoms with Gasteiger partial charge in [0.05, 0.1) is 17.7 Å². The van der Waals surface area contributed by atoms with Gasteiger partial charge in [-0.05, 0) is 68.1 Å². The third kappa shape index (κ3) is 6.17. The molecule has 9 nitrogen and oxygen atoms in total. The second-order valence-electron chi connectivity index (χ2n) is 9.86. The predicted molar refractivity (Wildman–Crippen MR) is 145 cm³/mol. The molecule has 2 aliphatic rings. The molecule has 1 saturated carbocycles. The largest absolute Gasteiger partial charge is 0.497 e. The normalized spacial score (nSPS) is 21.9. The Labute approximate surface area is 217 Å². The first kappa shape index (κ1) is 25.0. The van der Waals surface area contributed by atoms with Gasteiger partial charge in [-0.15, -0.1) is 0 Å². The van der Waals surface area contributed by atoms with Crippen molar-refractivity contribution in [1.29, 1.82) is 0 Å². The summed E-state index contributed by atoms with van der Waals surface area (Å²) in [5, 5.41) is 18.6. The van der Waals surface area contributed by atoms with Gasteiger partial charge in [-0.25, -0.2) is 9.97 Å². The van der Waals surface area contributed by atoms with Gasteiger partial charge in [0.2, 0.25) is 5.95 Å². The molecule has 3 atom stereocenters. The average molecular weight is 503 g/mol. The van der Waals surface area contributed by atoms with E-state index in [1.165, 1.54) is 12.8 Å². The molecular weight excluding hydrogens is 468 g/mol. The maximum absolute atomic E-state index is 11.0. The second kappa shape index (κ2) is 11.6. The Bertz CT molecular complexity index is 1190. The van der Waals surface area contributed by atoms with Crippen LogP contribution in [0.1, 0.15) is 38.5 Å². The van der Waals surface area contributed by atoms with Gasteiger partial charge in [-0.2, -0.15) is 0 Å². The maximum atomic E-state index is 11.0. The van der Waals surface area contributed by atoms with Crippen LogP contribution in [0.4, 0.5) is 17.3 Å². The van der Waals surface area contributed by atoms with E-state index >= 15 is 0 Å². The number of methoxy groups -OCH3 is 1. The predicted octanol–water partition coefficient (Wildman–Crippen LogP) is 5.04. The summed E-state index contributed by atoms with van der Waals surface area (Å²) < 4.78 is 5.27. The Morgan fingerprint density at radius 1 is 0.973 bits per heavy atom. The van der Waals surface area contributed by atoms with E-state index in [1.54, 1.807) is 19.2 Å². The molecule has 2 fully saturated rings. The van der Waals surface area contributed by atoms with Gasteiger partial charge < -0.3 is 20.3 Å². The number of hydrogen-bond acceptors (Lipinski definition) is 8. The molecule has 2 aromatic carbocycles. The third-order valence-corrected chi connectivity index (χ3v) is 7.42. The molecule has 0 radical (unpaired) electrons. The molecule has 194 valence electrons. The number of aromatic nitrogens is 2. The number of anilines is 2. The molecule has 0 bridgehead atoms. The Hall–Kier alpha value is -3.72. The van der Waals surface area contributed by atoms with Gasteiger partial charge in [-0.3, -0.25) is 10.1 Å². The minimum absolute atomic E-state index is 0.129. The molecule has 37 heavy (non-hydrogen) atoms. The van der Waals surface area contributed by atoms with Gasteiger partial charge >= 0.3 is 0 Å². The van der Waals surface area contributed by atoms with Gasteiger partial charge in [0, 0.05) is 60.8 Å². The minimum Gasteiger partial charge on any atom is -0.497 e. The molecule has 3 aromatic rings. The Kier molecular flexibility index (Phi) is 7.79. The molecule has 0 spiro atoms. The fourth-order valence-corrected chi connectivity index (χ4v) is 5.46. The molecule has 1 aliphatic heterocycles. The molecule has 2 N–H and O–H groups in total. The van der Waals surface area contributed by atoms with Crippen LogP contribution in [0.3, 0.4) is 0 Å². The van der Waals surface area contributed by atoms with E-state index in [9.17, 15) is 10.1 Å². The van der Waals surface area contributed by atoms with Gasteiger partial charge in [0.15, 0.2) is 0 Å². The number of hydrogen-bond donors (Lipinski definition) is 2. The van der Waals surface area contributed by atoms with E-state index in [-0.39, 0.29) is 16.7 Å². The van der Waals surface area contributed by atoms with Crippen molar-refractivity contribution in [3.05, 3.63) is 70.9 Å². The van der Waals surface area contributed by atoms with Crippen molar-refractivity contribution in [1.82, 2.24) is 15.3 Å². The van der Waals surface area contributed by atoms with E-state index in [1.807, 2.05) is 48.7 Å². The molecule has 0 unspecified atom stereocenters. The summed E-state index contributed by atoms with van der Waals surface area (Å²) in [4.78, 5) is 22.3. The van der Waals surface area contributed by atoms with Crippen molar-refractivity contribution in [2.45, 2.75) is 56.7 Å². The Morgan fingerprint density at radius 2 is 1.73 bits per heavy atom. The molecule has 1 aliphatic carbocycles. The number of nitrogens with zero attached hydrogens (tertiary/aromatic N) is 4. The Balaban J connectivity index is 1.23. The van der Waals surface area contributed by atoms with Crippen molar-refractivity contribution >= 4 is 17.3 Å². The van der Waals surface area contributed by atoms with Crippen LogP contribution in [0.5, 0.6) is 5.75 Å². The molecule has 9 heteroatoms. The van der Waals surface area contributed by atoms with Crippen LogP contribution in [0.25, 0.3) is 11.3 Å². The van der Waals surface area contributed by atoms with E-state index in [0.29, 0.717) is 18.0 Å². The van der Waals surface area contributed by atoms with Crippen LogP contribution in [-0.4, -0.2) is 53.2 Å². The van der Waals surface area contributed by atoms with Crippen LogP contribution in [0, 0.1) is 10.1 Å². The summed E-state index contributed by atoms with van der Waals surface area (Å²) >= 11 is 0. The quantitative estimate of drug-likeness (QED) is 0.326. The van der Waals surface area contributed by atoms with Crippen LogP contribution in [0.15, 0.2) is 60.8 Å². The number of rotatable bonds is 8. The highest BCUT2D eigenvalue weighted by atomic mass is 16.6. The standard InChI is InChI=1S/C28H34N6O3/c1-37-24-14-8-20(9-15-24)25-16-17-29-28(31-25)32-27-7-3-2-6-26(27)30-21-5-4-18-33(19-21)22-10-12-23(13-11-22)34(35)36/h8-17,21,26-27,30H,2-7,18-19H2,1H3,(H,29,31,32)/t21-,26+,27+/m0/s1. The van der Waals surface area contributed by atoms with Crippen LogP contribution >= 0.6 is 0 Å². The molecular formula is C28H34N6O3. The number of nitro benzene ring substituents is 1. The SMILES string of the molecule is COc1ccc(-c2ccnc(N[C@@H]3CCCC[C@H]3N[C@H]3CCCN(c4ccc([N+](=O)[O-])cc4)C3)n2)cc1. The minimum atomic E-state index is -0.350. The number of nitrogens with one attached hydrogen (secondary N) is 2. The third-order valence-electron chi connectivity index (χ3n) is 7.42. The van der Waals surface area contributed by atoms with Crippen LogP contribution in [-0.2, 0) is 0 Å². The summed E-state index contributed by atoms with van der Waals surface area (Å²) in [6, 6.07) is 17.7. The first-order chi connectivity index (χ1) is 18.1. The van der Waals surface area contributed by atoms with Gasteiger partial charge in [-0.1, -0.05) is 12.8 Å². The zero-order valence-electron chi connectivity index (χ0n) is 21.2. The monoisotopic (exact) mass is 502 g/mol. The molecule has 2 heterocycles. The summed E-state index contributed by atoms with van der Waals surface area (Å²) in [7, 11) is 1.66. The van der Waals surface area contributed by atoms with E-state index in [4.69, 9.17) is 9.72 Å². The summed E-state index contributed by atoms with van der Waals surface area (Å²) in [6.07, 6.45) is 8.61. The van der Waals surface area contributed by atoms with Gasteiger partial charge in [0.1, 0.15) is 5.75 Å². The number of non-ortho nitro benzene ring substituents is 1. The highest BCUT2D eigenvalue weighted by Gasteiger charge is 2.30. The summed E-state index contributed by atoms with van der Waals surface area (Å²) in [5.41, 5.74) is 3.08. The van der Waals surface area contributed by atoms with Crippen molar-refractivity contribution < 1.29 is 9.66 Å². The van der Waals surface area contributed by atoms with Crippen molar-refractivity contribution in [2.24, 2.45) is 0 Å². The van der Waals surface area contributed by atoms with Crippen molar-refractivity contribution in [3.8, 4) is 17.0 Å². The van der Waals surface area contributed by atoms with E-state index in [2.05, 4.69) is 20.5 Å². The summed E-state index contributed by atoms with van der Waals surface area (Å²) in [6.45, 7) is 1.86. The zero-order chi connectivity index (χ0) is 25.6. The highest BCUT2D eigenvalue weighted by molar-refractivity contribution is 5.61. The summed E-state index contributed by atoms with van der Waals surface area (Å²) in [5.74, 6) is 1.48. The topological polar surface area (TPSA) is 105 Å². The smallest absolute Gasteiger partial charge is 0.269 e. The molecule has 5 rings (SSSR count). The average Bonchev–Trinajstić information content (AvgIpc) is 2.94. The fourth-order valence-electron chi connectivity index (χ4n) is 5.46. The lowest BCUT2D eigenvalue weighted by Crippen LogP contribution is -2.55. The number of piperidine rings is 1. The fraction of sp³-hybridized carbons (Fsp3) is 0.429. The molecule has 1 saturated heterocycles. The van der Waals surface area contributed by atoms with Crippen LogP contribution in [0.2, 0.25) is 0 Å². The van der Waals surface area contributed by atoms with Crippen LogP contribution < -0.4 is 20.3 Å². The number of benzene rings is 2. The van der Waals surface area contributed by atoms with Crippen molar-refractivity contribution in [2.75, 3.05) is 30.4 Å². The lowest BCUT2D eigenvalue weighted by atomic mass is 9.89. The maximum Gasteiger partial charge on any atom is 0.269 e. The van der Waals surface area contributed by atoms with Gasteiger partial charge in [0.25, 0.3) is 5.69 Å². The zero-order valence-corrected chi connectivity index (χ0v) is 21.2. The van der Waals surface area contributed by atoms with E-state index in [0.717, 1.165) is 61.5 Å². The van der Waals surface area contributed by atoms with E-state index < -0.39 is 0 Å². The lowest BCUT2D eigenvalue weighted by molar-refractivity contribution is -0.384. The second-order valence-corrected chi connectivity index (χ2v) is 9.86. The lowest BCUT2D eigenvalue weighted by Gasteiger charge is -2.40. The first-order valence-electron chi connectivity index (χ1n) is 13.1. The Morgan fingerprint density at radius 3 is 2.46 bits per heavy atom. The number of nitro groups is 1. The first-order valence-corrected chi connectivity index (χ1v) is 13.1. The number of ether oxygens (including phenoxy) is 1. The van der Waals surface area contributed by atoms with Crippen molar-refractivity contribution in [3.63, 3.8) is 0 Å². The highest BCUT2D eigenvalue weighted by Crippen LogP contribution is 2.27. The molecule has 1 aromatic heterocycles.